The fourth-order valence-corrected chi connectivity index (χ4v) is 0.766. The van der Waals surface area contributed by atoms with Gasteiger partial charge in [-0.05, 0) is 6.42 Å². The van der Waals surface area contributed by atoms with Gasteiger partial charge in [-0.15, -0.1) is 0 Å². The topological polar surface area (TPSA) is 37.3 Å². The van der Waals surface area contributed by atoms with E-state index in [0.29, 0.717) is 0 Å². The van der Waals surface area contributed by atoms with Gasteiger partial charge in [0.15, 0.2) is 17.3 Å². The molecular formula is C4H7F3O2S. The monoisotopic (exact) mass is 176 g/mol. The van der Waals surface area contributed by atoms with E-state index in [9.17, 15) is 17.4 Å². The molecule has 0 aliphatic heterocycles. The first-order chi connectivity index (χ1) is 4.54. The van der Waals surface area contributed by atoms with Gasteiger partial charge in [0, 0.05) is 0 Å². The van der Waals surface area contributed by atoms with Gasteiger partial charge in [-0.1, -0.05) is 0 Å². The molecular weight excluding hydrogens is 169 g/mol. The Morgan fingerprint density at radius 3 is 2.20 bits per heavy atom. The highest BCUT2D eigenvalue weighted by atomic mass is 32.2. The minimum Gasteiger partial charge on any atom is -0.306 e. The molecule has 0 spiro atoms. The normalized spacial score (nSPS) is 17.3. The molecule has 0 aromatic heterocycles. The highest BCUT2D eigenvalue weighted by molar-refractivity contribution is 7.79. The number of halogens is 3. The lowest BCUT2D eigenvalue weighted by atomic mass is 10.3. The second kappa shape index (κ2) is 4.68. The standard InChI is InChI=1S/C4H7F3O2S/c5-3(4(6)7)1-2-10(8)9/h3-4H,1-2H2,(H,8,9). The molecule has 0 aliphatic rings. The fourth-order valence-electron chi connectivity index (χ4n) is 0.339. The third kappa shape index (κ3) is 4.75. The van der Waals surface area contributed by atoms with Gasteiger partial charge in [0.1, 0.15) is 0 Å². The predicted molar refractivity (Wildman–Crippen MR) is 31.2 cm³/mol. The highest BCUT2D eigenvalue weighted by Crippen LogP contribution is 2.09. The molecule has 0 aliphatic carbocycles. The van der Waals surface area contributed by atoms with E-state index in [1.807, 2.05) is 0 Å². The molecule has 2 atom stereocenters. The SMILES string of the molecule is O=S(O)CCC(F)C(F)F. The Morgan fingerprint density at radius 2 is 1.90 bits per heavy atom. The molecule has 0 amide bonds. The Bertz CT molecular complexity index is 119. The Hall–Kier alpha value is -0.100. The minimum absolute atomic E-state index is 0.439. The molecule has 0 saturated heterocycles. The summed E-state index contributed by atoms with van der Waals surface area (Å²) in [6.45, 7) is 0. The quantitative estimate of drug-likeness (QED) is 0.653. The van der Waals surface area contributed by atoms with Crippen LogP contribution in [0.25, 0.3) is 0 Å². The largest absolute Gasteiger partial charge is 0.306 e. The maximum absolute atomic E-state index is 11.9. The van der Waals surface area contributed by atoms with Gasteiger partial charge >= 0.3 is 0 Å². The van der Waals surface area contributed by atoms with Gasteiger partial charge < -0.3 is 4.55 Å². The smallest absolute Gasteiger partial charge is 0.269 e. The molecule has 0 aromatic rings. The van der Waals surface area contributed by atoms with Crippen molar-refractivity contribution in [3.63, 3.8) is 0 Å². The lowest BCUT2D eigenvalue weighted by molar-refractivity contribution is 0.0485. The van der Waals surface area contributed by atoms with Gasteiger partial charge in [-0.3, -0.25) is 0 Å². The van der Waals surface area contributed by atoms with E-state index in [1.54, 1.807) is 0 Å². The molecule has 1 N–H and O–H groups in total. The summed E-state index contributed by atoms with van der Waals surface area (Å²) < 4.78 is 52.4. The molecule has 0 rings (SSSR count). The van der Waals surface area contributed by atoms with Crippen LogP contribution in [0.2, 0.25) is 0 Å². The van der Waals surface area contributed by atoms with E-state index >= 15 is 0 Å². The summed E-state index contributed by atoms with van der Waals surface area (Å²) in [7, 11) is 0. The molecule has 0 fully saturated rings. The first-order valence-electron chi connectivity index (χ1n) is 2.53. The first-order valence-corrected chi connectivity index (χ1v) is 3.81. The summed E-state index contributed by atoms with van der Waals surface area (Å²) in [6, 6.07) is 0. The maximum atomic E-state index is 11.9. The van der Waals surface area contributed by atoms with Crippen LogP contribution in [0.5, 0.6) is 0 Å². The Kier molecular flexibility index (Phi) is 4.63. The van der Waals surface area contributed by atoms with Crippen LogP contribution >= 0.6 is 0 Å². The van der Waals surface area contributed by atoms with Crippen LogP contribution in [0, 0.1) is 0 Å². The van der Waals surface area contributed by atoms with E-state index < -0.39 is 35.9 Å². The lowest BCUT2D eigenvalue weighted by Crippen LogP contribution is -2.14. The summed E-state index contributed by atoms with van der Waals surface area (Å²) >= 11 is -2.18. The van der Waals surface area contributed by atoms with Crippen LogP contribution in [0.1, 0.15) is 6.42 Å². The molecule has 2 unspecified atom stereocenters. The molecule has 0 aromatic carbocycles. The summed E-state index contributed by atoms with van der Waals surface area (Å²) in [5.74, 6) is -0.439. The highest BCUT2D eigenvalue weighted by Gasteiger charge is 2.19. The van der Waals surface area contributed by atoms with Crippen molar-refractivity contribution in [1.29, 1.82) is 0 Å². The van der Waals surface area contributed by atoms with Crippen LogP contribution in [-0.4, -0.2) is 27.1 Å². The summed E-state index contributed by atoms with van der Waals surface area (Å²) in [5, 5.41) is 0. The van der Waals surface area contributed by atoms with E-state index in [2.05, 4.69) is 0 Å². The summed E-state index contributed by atoms with van der Waals surface area (Å²) in [6.07, 6.45) is -5.90. The van der Waals surface area contributed by atoms with E-state index in [-0.39, 0.29) is 0 Å². The molecule has 0 saturated carbocycles. The van der Waals surface area contributed by atoms with Crippen molar-refractivity contribution in [2.45, 2.75) is 19.0 Å². The maximum Gasteiger partial charge on any atom is 0.269 e. The van der Waals surface area contributed by atoms with Crippen molar-refractivity contribution in [2.24, 2.45) is 0 Å². The van der Waals surface area contributed by atoms with Crippen LogP contribution in [-0.2, 0) is 11.1 Å². The van der Waals surface area contributed by atoms with Crippen molar-refractivity contribution >= 4 is 11.1 Å². The molecule has 62 valence electrons. The predicted octanol–water partition coefficient (Wildman–Crippen LogP) is 1.20. The van der Waals surface area contributed by atoms with Gasteiger partial charge in [0.05, 0.1) is 5.75 Å². The summed E-state index contributed by atoms with van der Waals surface area (Å²) in [4.78, 5) is 0. The first kappa shape index (κ1) is 9.90. The number of alkyl halides is 3. The second-order valence-electron chi connectivity index (χ2n) is 1.66. The van der Waals surface area contributed by atoms with E-state index in [4.69, 9.17) is 4.55 Å². The molecule has 6 heteroatoms. The Labute approximate surface area is 58.7 Å². The van der Waals surface area contributed by atoms with E-state index in [0.717, 1.165) is 0 Å². The van der Waals surface area contributed by atoms with Crippen molar-refractivity contribution < 1.29 is 21.9 Å². The van der Waals surface area contributed by atoms with E-state index in [1.165, 1.54) is 0 Å². The zero-order valence-corrected chi connectivity index (χ0v) is 5.78. The van der Waals surface area contributed by atoms with Crippen molar-refractivity contribution in [2.75, 3.05) is 5.75 Å². The number of hydrogen-bond acceptors (Lipinski definition) is 1. The third-order valence-corrected chi connectivity index (χ3v) is 1.43. The molecule has 10 heavy (non-hydrogen) atoms. The lowest BCUT2D eigenvalue weighted by Gasteiger charge is -2.02. The zero-order chi connectivity index (χ0) is 8.15. The van der Waals surface area contributed by atoms with Crippen LogP contribution in [0.4, 0.5) is 13.2 Å². The average molecular weight is 176 g/mol. The molecule has 0 heterocycles. The Balaban J connectivity index is 3.39. The van der Waals surface area contributed by atoms with Gasteiger partial charge in [0.2, 0.25) is 0 Å². The molecule has 0 radical (unpaired) electrons. The van der Waals surface area contributed by atoms with Gasteiger partial charge in [0.25, 0.3) is 6.43 Å². The van der Waals surface area contributed by atoms with Gasteiger partial charge in [-0.25, -0.2) is 17.4 Å². The van der Waals surface area contributed by atoms with Crippen molar-refractivity contribution in [3.8, 4) is 0 Å². The zero-order valence-electron chi connectivity index (χ0n) is 4.97. The van der Waals surface area contributed by atoms with Crippen molar-refractivity contribution in [3.05, 3.63) is 0 Å². The number of hydrogen-bond donors (Lipinski definition) is 1. The summed E-state index contributed by atoms with van der Waals surface area (Å²) in [5.41, 5.74) is 0. The molecule has 0 bridgehead atoms. The Morgan fingerprint density at radius 1 is 1.40 bits per heavy atom. The third-order valence-electron chi connectivity index (χ3n) is 0.842. The van der Waals surface area contributed by atoms with Crippen LogP contribution in [0.15, 0.2) is 0 Å². The average Bonchev–Trinajstić information content (AvgIpc) is 1.82. The minimum atomic E-state index is -3.05. The van der Waals surface area contributed by atoms with Crippen molar-refractivity contribution in [1.82, 2.24) is 0 Å². The fraction of sp³-hybridized carbons (Fsp3) is 1.00. The van der Waals surface area contributed by atoms with Gasteiger partial charge in [-0.2, -0.15) is 0 Å². The second-order valence-corrected chi connectivity index (χ2v) is 2.72. The van der Waals surface area contributed by atoms with Crippen LogP contribution in [0.3, 0.4) is 0 Å². The number of rotatable bonds is 4. The van der Waals surface area contributed by atoms with Crippen LogP contribution < -0.4 is 0 Å². The molecule has 2 nitrogen and oxygen atoms in total.